The maximum absolute atomic E-state index is 11.7. The van der Waals surface area contributed by atoms with E-state index >= 15 is 0 Å². The Morgan fingerprint density at radius 2 is 1.77 bits per heavy atom. The number of nitrogens with one attached hydrogen (secondary N) is 1. The summed E-state index contributed by atoms with van der Waals surface area (Å²) < 4.78 is 0. The summed E-state index contributed by atoms with van der Waals surface area (Å²) in [7, 11) is 1.56. The quantitative estimate of drug-likeness (QED) is 0.868. The lowest BCUT2D eigenvalue weighted by atomic mass is 9.86. The van der Waals surface area contributed by atoms with Crippen molar-refractivity contribution in [1.82, 2.24) is 10.2 Å². The summed E-state index contributed by atoms with van der Waals surface area (Å²) in [5, 5.41) is 12.7. The van der Waals surface area contributed by atoms with Gasteiger partial charge in [-0.25, -0.2) is 0 Å². The van der Waals surface area contributed by atoms with Crippen LogP contribution in [0.4, 0.5) is 0 Å². The fraction of sp³-hybridized carbons (Fsp3) is 0.529. The fourth-order valence-electron chi connectivity index (χ4n) is 1.92. The van der Waals surface area contributed by atoms with Crippen molar-refractivity contribution in [2.24, 2.45) is 0 Å². The Morgan fingerprint density at radius 3 is 2.23 bits per heavy atom. The molecular formula is C17H26N2O3. The number of carbonyl (C=O) groups is 2. The van der Waals surface area contributed by atoms with Crippen LogP contribution in [0.5, 0.6) is 0 Å². The third-order valence-corrected chi connectivity index (χ3v) is 3.57. The smallest absolute Gasteiger partial charge is 0.239 e. The Morgan fingerprint density at radius 1 is 1.23 bits per heavy atom. The number of aliphatic hydroxyl groups is 1. The highest BCUT2D eigenvalue weighted by Crippen LogP contribution is 2.23. The third kappa shape index (κ3) is 5.48. The van der Waals surface area contributed by atoms with E-state index in [9.17, 15) is 14.7 Å². The summed E-state index contributed by atoms with van der Waals surface area (Å²) in [6.07, 6.45) is -0.763. The van der Waals surface area contributed by atoms with Crippen LogP contribution in [0, 0.1) is 0 Å². The van der Waals surface area contributed by atoms with E-state index in [1.165, 1.54) is 17.4 Å². The standard InChI is InChI=1S/C17H26N2O3/c1-12(20)19(5)11-16(22)18-10-15(21)13-6-8-14(9-7-13)17(2,3)4/h6-9,15,21H,10-11H2,1-5H3,(H,18,22). The van der Waals surface area contributed by atoms with Crippen molar-refractivity contribution in [1.29, 1.82) is 0 Å². The van der Waals surface area contributed by atoms with Gasteiger partial charge in [0.05, 0.1) is 12.6 Å². The third-order valence-electron chi connectivity index (χ3n) is 3.57. The van der Waals surface area contributed by atoms with Gasteiger partial charge in [-0.15, -0.1) is 0 Å². The van der Waals surface area contributed by atoms with Crippen LogP contribution in [0.2, 0.25) is 0 Å². The van der Waals surface area contributed by atoms with Gasteiger partial charge in [0.2, 0.25) is 11.8 Å². The molecule has 0 spiro atoms. The van der Waals surface area contributed by atoms with E-state index in [1.807, 2.05) is 24.3 Å². The van der Waals surface area contributed by atoms with Gasteiger partial charge in [-0.1, -0.05) is 45.0 Å². The predicted molar refractivity (Wildman–Crippen MR) is 86.4 cm³/mol. The van der Waals surface area contributed by atoms with E-state index in [1.54, 1.807) is 7.05 Å². The summed E-state index contributed by atoms with van der Waals surface area (Å²) in [6, 6.07) is 7.73. The second kappa shape index (κ2) is 7.40. The molecule has 2 N–H and O–H groups in total. The van der Waals surface area contributed by atoms with Crippen LogP contribution < -0.4 is 5.32 Å². The average Bonchev–Trinajstić information content (AvgIpc) is 2.43. The second-order valence-electron chi connectivity index (χ2n) is 6.57. The molecule has 5 heteroatoms. The van der Waals surface area contributed by atoms with Crippen LogP contribution >= 0.6 is 0 Å². The summed E-state index contributed by atoms with van der Waals surface area (Å²) in [4.78, 5) is 24.0. The molecule has 0 bridgehead atoms. The molecule has 22 heavy (non-hydrogen) atoms. The lowest BCUT2D eigenvalue weighted by Crippen LogP contribution is -2.38. The molecule has 0 fully saturated rings. The Labute approximate surface area is 132 Å². The maximum atomic E-state index is 11.7. The van der Waals surface area contributed by atoms with Crippen molar-refractivity contribution < 1.29 is 14.7 Å². The first-order chi connectivity index (χ1) is 10.1. The molecule has 0 aliphatic carbocycles. The number of benzene rings is 1. The van der Waals surface area contributed by atoms with E-state index in [0.29, 0.717) is 0 Å². The minimum Gasteiger partial charge on any atom is -0.387 e. The highest BCUT2D eigenvalue weighted by Gasteiger charge is 2.15. The Hall–Kier alpha value is -1.88. The lowest BCUT2D eigenvalue weighted by Gasteiger charge is -2.20. The van der Waals surface area contributed by atoms with Crippen molar-refractivity contribution >= 4 is 11.8 Å². The van der Waals surface area contributed by atoms with Gasteiger partial charge < -0.3 is 15.3 Å². The predicted octanol–water partition coefficient (Wildman–Crippen LogP) is 1.61. The first-order valence-electron chi connectivity index (χ1n) is 7.38. The number of aliphatic hydroxyl groups excluding tert-OH is 1. The zero-order chi connectivity index (χ0) is 16.9. The number of rotatable bonds is 5. The molecule has 1 aromatic carbocycles. The van der Waals surface area contributed by atoms with Gasteiger partial charge in [-0.3, -0.25) is 9.59 Å². The van der Waals surface area contributed by atoms with E-state index in [2.05, 4.69) is 26.1 Å². The van der Waals surface area contributed by atoms with Gasteiger partial charge in [0.15, 0.2) is 0 Å². The molecule has 0 heterocycles. The zero-order valence-corrected chi connectivity index (χ0v) is 14.0. The molecule has 1 atom stereocenters. The topological polar surface area (TPSA) is 69.6 Å². The first-order valence-corrected chi connectivity index (χ1v) is 7.38. The number of carbonyl (C=O) groups excluding carboxylic acids is 2. The minimum atomic E-state index is -0.763. The number of hydrogen-bond acceptors (Lipinski definition) is 3. The monoisotopic (exact) mass is 306 g/mol. The number of nitrogens with zero attached hydrogens (tertiary/aromatic N) is 1. The van der Waals surface area contributed by atoms with Crippen LogP contribution in [0.3, 0.4) is 0 Å². The van der Waals surface area contributed by atoms with E-state index in [-0.39, 0.29) is 30.3 Å². The van der Waals surface area contributed by atoms with Gasteiger partial charge in [-0.05, 0) is 16.5 Å². The summed E-state index contributed by atoms with van der Waals surface area (Å²) in [5.41, 5.74) is 2.01. The fourth-order valence-corrected chi connectivity index (χ4v) is 1.92. The maximum Gasteiger partial charge on any atom is 0.239 e. The Kier molecular flexibility index (Phi) is 6.11. The largest absolute Gasteiger partial charge is 0.387 e. The van der Waals surface area contributed by atoms with Crippen molar-refractivity contribution in [3.63, 3.8) is 0 Å². The highest BCUT2D eigenvalue weighted by molar-refractivity contribution is 5.83. The number of amides is 2. The Balaban J connectivity index is 2.53. The number of hydrogen-bond donors (Lipinski definition) is 2. The highest BCUT2D eigenvalue weighted by atomic mass is 16.3. The Bertz CT molecular complexity index is 518. The molecule has 0 aliphatic rings. The zero-order valence-electron chi connectivity index (χ0n) is 14.0. The molecule has 0 saturated heterocycles. The van der Waals surface area contributed by atoms with Gasteiger partial charge in [0.25, 0.3) is 0 Å². The molecule has 122 valence electrons. The van der Waals surface area contributed by atoms with Gasteiger partial charge >= 0.3 is 0 Å². The summed E-state index contributed by atoms with van der Waals surface area (Å²) in [6.45, 7) is 7.90. The van der Waals surface area contributed by atoms with Crippen molar-refractivity contribution in [3.05, 3.63) is 35.4 Å². The SMILES string of the molecule is CC(=O)N(C)CC(=O)NCC(O)c1ccc(C(C)(C)C)cc1. The van der Waals surface area contributed by atoms with Crippen molar-refractivity contribution in [3.8, 4) is 0 Å². The van der Waals surface area contributed by atoms with Gasteiger partial charge in [0.1, 0.15) is 0 Å². The summed E-state index contributed by atoms with van der Waals surface area (Å²) in [5.74, 6) is -0.462. The molecule has 0 saturated carbocycles. The van der Waals surface area contributed by atoms with E-state index < -0.39 is 6.10 Å². The molecule has 0 aliphatic heterocycles. The van der Waals surface area contributed by atoms with Crippen LogP contribution in [0.25, 0.3) is 0 Å². The van der Waals surface area contributed by atoms with Crippen LogP contribution in [0.15, 0.2) is 24.3 Å². The molecule has 1 rings (SSSR count). The number of likely N-dealkylation sites (N-methyl/N-ethyl adjacent to an activating group) is 1. The summed E-state index contributed by atoms with van der Waals surface area (Å²) >= 11 is 0. The van der Waals surface area contributed by atoms with Crippen molar-refractivity contribution in [2.45, 2.75) is 39.2 Å². The van der Waals surface area contributed by atoms with Gasteiger partial charge in [0, 0.05) is 20.5 Å². The molecule has 0 radical (unpaired) electrons. The lowest BCUT2D eigenvalue weighted by molar-refractivity contribution is -0.133. The minimum absolute atomic E-state index is 0.00891. The normalized spacial score (nSPS) is 12.6. The molecule has 0 aromatic heterocycles. The van der Waals surface area contributed by atoms with E-state index in [4.69, 9.17) is 0 Å². The van der Waals surface area contributed by atoms with E-state index in [0.717, 1.165) is 5.56 Å². The van der Waals surface area contributed by atoms with Crippen LogP contribution in [-0.2, 0) is 15.0 Å². The molecular weight excluding hydrogens is 280 g/mol. The molecule has 1 aromatic rings. The molecule has 2 amide bonds. The van der Waals surface area contributed by atoms with Crippen LogP contribution in [0.1, 0.15) is 44.9 Å². The molecule has 5 nitrogen and oxygen atoms in total. The first kappa shape index (κ1) is 18.2. The van der Waals surface area contributed by atoms with Gasteiger partial charge in [-0.2, -0.15) is 0 Å². The average molecular weight is 306 g/mol. The second-order valence-corrected chi connectivity index (χ2v) is 6.57. The molecule has 1 unspecified atom stereocenters. The van der Waals surface area contributed by atoms with Crippen LogP contribution in [-0.4, -0.2) is 42.0 Å². The van der Waals surface area contributed by atoms with Crippen molar-refractivity contribution in [2.75, 3.05) is 20.1 Å².